The Balaban J connectivity index is 2.01. The number of hydrogen-bond donors (Lipinski definition) is 1. The predicted octanol–water partition coefficient (Wildman–Crippen LogP) is 4.36. The standard InChI is InChI=1S/C17H27NS/c1-13(18-12-17(2,3)19-4)15-10-9-14-7-5-6-8-16(14)11-15/h9-11,13,18H,5-8,12H2,1-4H3. The van der Waals surface area contributed by atoms with Crippen LogP contribution in [0, 0.1) is 0 Å². The van der Waals surface area contributed by atoms with Crippen LogP contribution in [0.4, 0.5) is 0 Å². The van der Waals surface area contributed by atoms with Crippen LogP contribution >= 0.6 is 11.8 Å². The van der Waals surface area contributed by atoms with Gasteiger partial charge in [0.2, 0.25) is 0 Å². The molecule has 2 heteroatoms. The van der Waals surface area contributed by atoms with Gasteiger partial charge >= 0.3 is 0 Å². The minimum atomic E-state index is 0.308. The van der Waals surface area contributed by atoms with Crippen molar-refractivity contribution in [2.75, 3.05) is 12.8 Å². The van der Waals surface area contributed by atoms with Crippen molar-refractivity contribution in [3.05, 3.63) is 34.9 Å². The molecule has 0 heterocycles. The lowest BCUT2D eigenvalue weighted by Gasteiger charge is -2.26. The fraction of sp³-hybridized carbons (Fsp3) is 0.647. The van der Waals surface area contributed by atoms with Gasteiger partial charge in [-0.1, -0.05) is 18.2 Å². The van der Waals surface area contributed by atoms with Crippen LogP contribution in [0.25, 0.3) is 0 Å². The van der Waals surface area contributed by atoms with Crippen molar-refractivity contribution in [3.8, 4) is 0 Å². The quantitative estimate of drug-likeness (QED) is 0.858. The Morgan fingerprint density at radius 1 is 1.21 bits per heavy atom. The molecular weight excluding hydrogens is 250 g/mol. The lowest BCUT2D eigenvalue weighted by Crippen LogP contribution is -2.33. The molecule has 0 aliphatic heterocycles. The monoisotopic (exact) mass is 277 g/mol. The van der Waals surface area contributed by atoms with Gasteiger partial charge in [0.1, 0.15) is 0 Å². The molecule has 1 unspecified atom stereocenters. The van der Waals surface area contributed by atoms with Gasteiger partial charge in [-0.15, -0.1) is 0 Å². The summed E-state index contributed by atoms with van der Waals surface area (Å²) in [6, 6.07) is 7.53. The second-order valence-corrected chi connectivity index (χ2v) is 7.82. The van der Waals surface area contributed by atoms with Crippen molar-refractivity contribution in [2.45, 2.75) is 57.2 Å². The molecule has 1 aliphatic carbocycles. The molecule has 106 valence electrons. The number of fused-ring (bicyclic) bond motifs is 1. The molecular formula is C17H27NS. The summed E-state index contributed by atoms with van der Waals surface area (Å²) in [7, 11) is 0. The van der Waals surface area contributed by atoms with Crippen LogP contribution in [0.2, 0.25) is 0 Å². The molecule has 1 nitrogen and oxygen atoms in total. The highest BCUT2D eigenvalue weighted by Crippen LogP contribution is 2.26. The van der Waals surface area contributed by atoms with Gasteiger partial charge in [-0.2, -0.15) is 11.8 Å². The van der Waals surface area contributed by atoms with Crippen LogP contribution in [-0.4, -0.2) is 17.5 Å². The Morgan fingerprint density at radius 3 is 2.58 bits per heavy atom. The summed E-state index contributed by atoms with van der Waals surface area (Å²) in [6.07, 6.45) is 7.45. The topological polar surface area (TPSA) is 12.0 Å². The maximum absolute atomic E-state index is 3.68. The van der Waals surface area contributed by atoms with Crippen LogP contribution in [0.15, 0.2) is 18.2 Å². The summed E-state index contributed by atoms with van der Waals surface area (Å²) < 4.78 is 0.308. The van der Waals surface area contributed by atoms with E-state index in [1.165, 1.54) is 31.2 Å². The zero-order valence-electron chi connectivity index (χ0n) is 12.8. The van der Waals surface area contributed by atoms with E-state index < -0.39 is 0 Å². The summed E-state index contributed by atoms with van der Waals surface area (Å²) in [5.41, 5.74) is 4.60. The fourth-order valence-corrected chi connectivity index (χ4v) is 2.84. The lowest BCUT2D eigenvalue weighted by molar-refractivity contribution is 0.521. The highest BCUT2D eigenvalue weighted by molar-refractivity contribution is 7.99. The van der Waals surface area contributed by atoms with E-state index in [2.05, 4.69) is 50.5 Å². The van der Waals surface area contributed by atoms with E-state index >= 15 is 0 Å². The van der Waals surface area contributed by atoms with Crippen LogP contribution in [-0.2, 0) is 12.8 Å². The molecule has 0 amide bonds. The molecule has 0 bridgehead atoms. The average Bonchev–Trinajstić information content (AvgIpc) is 2.44. The highest BCUT2D eigenvalue weighted by atomic mass is 32.2. The van der Waals surface area contributed by atoms with Crippen molar-refractivity contribution < 1.29 is 0 Å². The number of hydrogen-bond acceptors (Lipinski definition) is 2. The lowest BCUT2D eigenvalue weighted by atomic mass is 9.89. The zero-order valence-corrected chi connectivity index (χ0v) is 13.6. The van der Waals surface area contributed by atoms with Crippen LogP contribution in [0.1, 0.15) is 56.3 Å². The van der Waals surface area contributed by atoms with Gasteiger partial charge < -0.3 is 5.32 Å². The van der Waals surface area contributed by atoms with Crippen LogP contribution in [0.3, 0.4) is 0 Å². The van der Waals surface area contributed by atoms with Crippen LogP contribution in [0.5, 0.6) is 0 Å². The van der Waals surface area contributed by atoms with Gasteiger partial charge in [0, 0.05) is 17.3 Å². The summed E-state index contributed by atoms with van der Waals surface area (Å²) in [5.74, 6) is 0. The van der Waals surface area contributed by atoms with Crippen molar-refractivity contribution in [1.82, 2.24) is 5.32 Å². The van der Waals surface area contributed by atoms with Gasteiger partial charge in [0.05, 0.1) is 0 Å². The smallest absolute Gasteiger partial charge is 0.0292 e. The summed E-state index contributed by atoms with van der Waals surface area (Å²) in [5, 5.41) is 3.68. The van der Waals surface area contributed by atoms with Crippen molar-refractivity contribution in [3.63, 3.8) is 0 Å². The number of benzene rings is 1. The van der Waals surface area contributed by atoms with Gasteiger partial charge in [0.15, 0.2) is 0 Å². The van der Waals surface area contributed by atoms with Crippen molar-refractivity contribution in [1.29, 1.82) is 0 Å². The fourth-order valence-electron chi connectivity index (χ4n) is 2.61. The van der Waals surface area contributed by atoms with E-state index in [1.807, 2.05) is 11.8 Å². The van der Waals surface area contributed by atoms with Gasteiger partial charge in [-0.3, -0.25) is 0 Å². The SMILES string of the molecule is CSC(C)(C)CNC(C)c1ccc2c(c1)CCCC2. The van der Waals surface area contributed by atoms with E-state index in [0.29, 0.717) is 10.8 Å². The first-order valence-corrected chi connectivity index (χ1v) is 8.64. The molecule has 0 radical (unpaired) electrons. The molecule has 0 saturated heterocycles. The van der Waals surface area contributed by atoms with Gasteiger partial charge in [-0.05, 0) is 69.4 Å². The Labute approximate surface area is 122 Å². The number of thioether (sulfide) groups is 1. The van der Waals surface area contributed by atoms with Gasteiger partial charge in [-0.25, -0.2) is 0 Å². The Hall–Kier alpha value is -0.470. The molecule has 0 fully saturated rings. The molecule has 2 rings (SSSR count). The first kappa shape index (κ1) is 14.9. The summed E-state index contributed by atoms with van der Waals surface area (Å²) >= 11 is 1.92. The summed E-state index contributed by atoms with van der Waals surface area (Å²) in [4.78, 5) is 0. The van der Waals surface area contributed by atoms with E-state index in [9.17, 15) is 0 Å². The largest absolute Gasteiger partial charge is 0.309 e. The molecule has 1 N–H and O–H groups in total. The minimum absolute atomic E-state index is 0.308. The molecule has 1 aliphatic rings. The minimum Gasteiger partial charge on any atom is -0.309 e. The first-order valence-electron chi connectivity index (χ1n) is 7.42. The third kappa shape index (κ3) is 4.00. The summed E-state index contributed by atoms with van der Waals surface area (Å²) in [6.45, 7) is 7.92. The normalized spacial score (nSPS) is 17.1. The predicted molar refractivity (Wildman–Crippen MR) is 87.1 cm³/mol. The maximum Gasteiger partial charge on any atom is 0.0292 e. The first-order chi connectivity index (χ1) is 9.02. The van der Waals surface area contributed by atoms with Crippen molar-refractivity contribution >= 4 is 11.8 Å². The second-order valence-electron chi connectivity index (χ2n) is 6.30. The average molecular weight is 277 g/mol. The third-order valence-electron chi connectivity index (χ3n) is 4.26. The molecule has 1 aromatic carbocycles. The molecule has 1 aromatic rings. The molecule has 0 saturated carbocycles. The maximum atomic E-state index is 3.68. The Bertz CT molecular complexity index is 425. The Morgan fingerprint density at radius 2 is 1.89 bits per heavy atom. The van der Waals surface area contributed by atoms with E-state index in [0.717, 1.165) is 6.54 Å². The molecule has 0 aromatic heterocycles. The zero-order chi connectivity index (χ0) is 13.9. The highest BCUT2D eigenvalue weighted by Gasteiger charge is 2.18. The van der Waals surface area contributed by atoms with Crippen LogP contribution < -0.4 is 5.32 Å². The number of rotatable bonds is 5. The number of aryl methyl sites for hydroxylation is 2. The van der Waals surface area contributed by atoms with E-state index in [-0.39, 0.29) is 0 Å². The molecule has 0 spiro atoms. The van der Waals surface area contributed by atoms with Crippen molar-refractivity contribution in [2.24, 2.45) is 0 Å². The number of nitrogens with one attached hydrogen (secondary N) is 1. The van der Waals surface area contributed by atoms with E-state index in [1.54, 1.807) is 11.1 Å². The van der Waals surface area contributed by atoms with E-state index in [4.69, 9.17) is 0 Å². The second kappa shape index (κ2) is 6.32. The van der Waals surface area contributed by atoms with Gasteiger partial charge in [0.25, 0.3) is 0 Å². The third-order valence-corrected chi connectivity index (χ3v) is 5.51. The molecule has 19 heavy (non-hydrogen) atoms. The molecule has 1 atom stereocenters. The Kier molecular flexibility index (Phi) is 4.97.